The molecule has 2 aliphatic carbocycles. The minimum Gasteiger partial charge on any atom is -0.493 e. The van der Waals surface area contributed by atoms with Crippen LogP contribution < -0.4 is 9.47 Å². The number of aryl methyl sites for hydroxylation is 1. The fourth-order valence-electron chi connectivity index (χ4n) is 6.71. The predicted octanol–water partition coefficient (Wildman–Crippen LogP) is 7.84. The van der Waals surface area contributed by atoms with Crippen LogP contribution in [0.15, 0.2) is 89.3 Å². The quantitative estimate of drug-likeness (QED) is 0.228. The number of methoxy groups -OCH3 is 1. The SMILES string of the molecule is COc1cc(C2C3=C(CCCC3=O)N(CCc3ccccc3)C3=C2C(=O)CCC3)cc(I)c1OCc1cccc(C)c1. The smallest absolute Gasteiger partial charge is 0.174 e. The minimum atomic E-state index is -0.378. The molecule has 5 nitrogen and oxygen atoms in total. The van der Waals surface area contributed by atoms with Gasteiger partial charge in [0, 0.05) is 47.8 Å². The largest absolute Gasteiger partial charge is 0.493 e. The molecule has 0 aromatic heterocycles. The van der Waals surface area contributed by atoms with E-state index in [-0.39, 0.29) is 17.5 Å². The maximum Gasteiger partial charge on any atom is 0.174 e. The van der Waals surface area contributed by atoms with Crippen molar-refractivity contribution >= 4 is 34.2 Å². The van der Waals surface area contributed by atoms with E-state index in [2.05, 4.69) is 82.9 Å². The molecule has 0 fully saturated rings. The van der Waals surface area contributed by atoms with Gasteiger partial charge in [-0.15, -0.1) is 0 Å². The lowest BCUT2D eigenvalue weighted by atomic mass is 9.71. The second kappa shape index (κ2) is 12.5. The number of halogens is 1. The molecule has 6 rings (SSSR count). The molecule has 3 aliphatic rings. The van der Waals surface area contributed by atoms with Crippen molar-refractivity contribution in [3.63, 3.8) is 0 Å². The predicted molar refractivity (Wildman–Crippen MR) is 173 cm³/mol. The number of ether oxygens (including phenoxy) is 2. The van der Waals surface area contributed by atoms with Crippen LogP contribution >= 0.6 is 22.6 Å². The number of nitrogens with zero attached hydrogens (tertiary/aromatic N) is 1. The molecule has 0 unspecified atom stereocenters. The van der Waals surface area contributed by atoms with Crippen molar-refractivity contribution in [2.45, 2.75) is 64.4 Å². The second-order valence-electron chi connectivity index (χ2n) is 11.4. The van der Waals surface area contributed by atoms with Crippen LogP contribution in [0.1, 0.15) is 66.7 Å². The highest BCUT2D eigenvalue weighted by Crippen LogP contribution is 2.50. The van der Waals surface area contributed by atoms with Gasteiger partial charge in [-0.05, 0) is 90.4 Å². The average Bonchev–Trinajstić information content (AvgIpc) is 2.99. The molecule has 0 amide bonds. The van der Waals surface area contributed by atoms with Crippen LogP contribution in [0.5, 0.6) is 11.5 Å². The molecule has 0 saturated heterocycles. The zero-order valence-electron chi connectivity index (χ0n) is 24.3. The summed E-state index contributed by atoms with van der Waals surface area (Å²) in [4.78, 5) is 29.8. The monoisotopic (exact) mass is 673 g/mol. The molecule has 6 heteroatoms. The molecule has 0 bridgehead atoms. The van der Waals surface area contributed by atoms with Crippen LogP contribution in [-0.4, -0.2) is 30.1 Å². The van der Waals surface area contributed by atoms with Crippen LogP contribution in [0.3, 0.4) is 0 Å². The van der Waals surface area contributed by atoms with Gasteiger partial charge in [0.05, 0.1) is 10.7 Å². The van der Waals surface area contributed by atoms with Crippen molar-refractivity contribution in [2.75, 3.05) is 13.7 Å². The summed E-state index contributed by atoms with van der Waals surface area (Å²) >= 11 is 2.29. The molecule has 1 heterocycles. The average molecular weight is 674 g/mol. The summed E-state index contributed by atoms with van der Waals surface area (Å²) in [6.45, 7) is 3.26. The third-order valence-electron chi connectivity index (χ3n) is 8.60. The highest BCUT2D eigenvalue weighted by Gasteiger charge is 2.43. The fourth-order valence-corrected chi connectivity index (χ4v) is 7.49. The topological polar surface area (TPSA) is 55.8 Å². The molecule has 0 spiro atoms. The van der Waals surface area contributed by atoms with Crippen molar-refractivity contribution in [1.29, 1.82) is 0 Å². The highest BCUT2D eigenvalue weighted by molar-refractivity contribution is 14.1. The Bertz CT molecular complexity index is 1550. The summed E-state index contributed by atoms with van der Waals surface area (Å²) in [5.74, 6) is 1.23. The Labute approximate surface area is 261 Å². The first-order valence-corrected chi connectivity index (χ1v) is 15.9. The van der Waals surface area contributed by atoms with Crippen molar-refractivity contribution in [3.8, 4) is 11.5 Å². The Morgan fingerprint density at radius 1 is 0.833 bits per heavy atom. The Kier molecular flexibility index (Phi) is 8.52. The van der Waals surface area contributed by atoms with E-state index < -0.39 is 0 Å². The van der Waals surface area contributed by atoms with Crippen LogP contribution in [-0.2, 0) is 22.6 Å². The molecule has 3 aromatic carbocycles. The van der Waals surface area contributed by atoms with E-state index in [9.17, 15) is 9.59 Å². The third-order valence-corrected chi connectivity index (χ3v) is 9.41. The summed E-state index contributed by atoms with van der Waals surface area (Å²) in [6, 6.07) is 22.8. The first kappa shape index (κ1) is 28.7. The van der Waals surface area contributed by atoms with Gasteiger partial charge >= 0.3 is 0 Å². The number of ketones is 2. The molecule has 3 aromatic rings. The van der Waals surface area contributed by atoms with Crippen LogP contribution in [0, 0.1) is 10.5 Å². The molecule has 0 radical (unpaired) electrons. The lowest BCUT2D eigenvalue weighted by Crippen LogP contribution is -2.40. The first-order valence-electron chi connectivity index (χ1n) is 14.8. The number of allylic oxidation sites excluding steroid dienone is 4. The lowest BCUT2D eigenvalue weighted by Gasteiger charge is -2.44. The van der Waals surface area contributed by atoms with Gasteiger partial charge in [-0.3, -0.25) is 9.59 Å². The van der Waals surface area contributed by atoms with Gasteiger partial charge in [-0.25, -0.2) is 0 Å². The van der Waals surface area contributed by atoms with Gasteiger partial charge in [-0.2, -0.15) is 0 Å². The number of hydrogen-bond donors (Lipinski definition) is 0. The fraction of sp³-hybridized carbons (Fsp3) is 0.333. The summed E-state index contributed by atoms with van der Waals surface area (Å²) < 4.78 is 13.1. The van der Waals surface area contributed by atoms with Crippen molar-refractivity contribution < 1.29 is 19.1 Å². The Morgan fingerprint density at radius 3 is 2.14 bits per heavy atom. The molecular formula is C36H36INO4. The lowest BCUT2D eigenvalue weighted by molar-refractivity contribution is -0.117. The van der Waals surface area contributed by atoms with E-state index in [1.165, 1.54) is 11.1 Å². The highest BCUT2D eigenvalue weighted by atomic mass is 127. The molecular weight excluding hydrogens is 637 g/mol. The molecule has 42 heavy (non-hydrogen) atoms. The molecule has 1 aliphatic heterocycles. The summed E-state index contributed by atoms with van der Waals surface area (Å²) in [6.07, 6.45) is 5.28. The Morgan fingerprint density at radius 2 is 1.50 bits per heavy atom. The van der Waals surface area contributed by atoms with Crippen LogP contribution in [0.25, 0.3) is 0 Å². The number of carbonyl (C=O) groups is 2. The van der Waals surface area contributed by atoms with E-state index >= 15 is 0 Å². The summed E-state index contributed by atoms with van der Waals surface area (Å²) in [5.41, 5.74) is 8.27. The molecule has 0 N–H and O–H groups in total. The molecule has 0 atom stereocenters. The van der Waals surface area contributed by atoms with E-state index in [4.69, 9.17) is 9.47 Å². The number of rotatable bonds is 8. The Hall–Kier alpha value is -3.39. The number of Topliss-reactive ketones (excluding diaryl/α,β-unsaturated/α-hetero) is 2. The zero-order chi connectivity index (χ0) is 29.2. The van der Waals surface area contributed by atoms with Crippen molar-refractivity contribution in [1.82, 2.24) is 4.90 Å². The number of hydrogen-bond acceptors (Lipinski definition) is 5. The number of carbonyl (C=O) groups excluding carboxylic acids is 2. The van der Waals surface area contributed by atoms with Crippen LogP contribution in [0.2, 0.25) is 0 Å². The van der Waals surface area contributed by atoms with Crippen molar-refractivity contribution in [3.05, 3.63) is 115 Å². The molecule has 216 valence electrons. The van der Waals surface area contributed by atoms with Gasteiger partial charge in [0.2, 0.25) is 0 Å². The van der Waals surface area contributed by atoms with E-state index in [1.807, 2.05) is 18.2 Å². The minimum absolute atomic E-state index is 0.157. The first-order chi connectivity index (χ1) is 20.4. The summed E-state index contributed by atoms with van der Waals surface area (Å²) in [5, 5.41) is 0. The standard InChI is InChI=1S/C36H36INO4/c1-23-9-6-12-25(19-23)22-42-36-27(37)20-26(21-32(36)41-2)33-34-28(13-7-15-30(34)39)38(18-17-24-10-4-3-5-11-24)29-14-8-16-31(40)35(29)33/h3-6,9-12,19-21,33H,7-8,13-18,22H2,1-2H3. The summed E-state index contributed by atoms with van der Waals surface area (Å²) in [7, 11) is 1.65. The van der Waals surface area contributed by atoms with Crippen LogP contribution in [0.4, 0.5) is 0 Å². The second-order valence-corrected chi connectivity index (χ2v) is 12.6. The maximum atomic E-state index is 13.7. The molecule has 0 saturated carbocycles. The zero-order valence-corrected chi connectivity index (χ0v) is 26.4. The normalized spacial score (nSPS) is 17.4. The van der Waals surface area contributed by atoms with Gasteiger partial charge in [0.25, 0.3) is 0 Å². The van der Waals surface area contributed by atoms with Gasteiger partial charge in [-0.1, -0.05) is 60.2 Å². The van der Waals surface area contributed by atoms with E-state index in [0.717, 1.165) is 75.9 Å². The van der Waals surface area contributed by atoms with Gasteiger partial charge in [0.15, 0.2) is 23.1 Å². The number of benzene rings is 3. The van der Waals surface area contributed by atoms with Gasteiger partial charge < -0.3 is 14.4 Å². The van der Waals surface area contributed by atoms with E-state index in [1.54, 1.807) is 7.11 Å². The third kappa shape index (κ3) is 5.65. The van der Waals surface area contributed by atoms with E-state index in [0.29, 0.717) is 30.9 Å². The maximum absolute atomic E-state index is 13.7. The Balaban J connectivity index is 1.41. The van der Waals surface area contributed by atoms with Crippen molar-refractivity contribution in [2.24, 2.45) is 0 Å². The van der Waals surface area contributed by atoms with Gasteiger partial charge in [0.1, 0.15) is 6.61 Å².